The number of nitrogens with zero attached hydrogens (tertiary/aromatic N) is 1. The Kier molecular flexibility index (Phi) is 3.49. The third-order valence-electron chi connectivity index (χ3n) is 3.91. The average molecular weight is 218 g/mol. The summed E-state index contributed by atoms with van der Waals surface area (Å²) in [6.45, 7) is 4.80. The van der Waals surface area contributed by atoms with Crippen LogP contribution in [0.25, 0.3) is 0 Å². The molecule has 0 radical (unpaired) electrons. The Labute approximate surface area is 98.4 Å². The van der Waals surface area contributed by atoms with Gasteiger partial charge in [-0.15, -0.1) is 0 Å². The molecule has 1 aliphatic rings. The van der Waals surface area contributed by atoms with E-state index in [1.807, 2.05) is 6.07 Å². The first-order chi connectivity index (χ1) is 7.66. The summed E-state index contributed by atoms with van der Waals surface area (Å²) in [7, 11) is 2.21. The van der Waals surface area contributed by atoms with Crippen molar-refractivity contribution in [1.82, 2.24) is 4.90 Å². The van der Waals surface area contributed by atoms with Crippen LogP contribution in [0.1, 0.15) is 31.2 Å². The highest BCUT2D eigenvalue weighted by Crippen LogP contribution is 2.32. The van der Waals surface area contributed by atoms with Gasteiger partial charge >= 0.3 is 0 Å². The van der Waals surface area contributed by atoms with Crippen LogP contribution < -0.4 is 5.73 Å². The largest absolute Gasteiger partial charge is 0.399 e. The van der Waals surface area contributed by atoms with Gasteiger partial charge in [0.1, 0.15) is 0 Å². The van der Waals surface area contributed by atoms with Gasteiger partial charge in [0.05, 0.1) is 0 Å². The minimum absolute atomic E-state index is 0.636. The predicted octanol–water partition coefficient (Wildman–Crippen LogP) is 2.71. The van der Waals surface area contributed by atoms with E-state index in [2.05, 4.69) is 37.1 Å². The molecule has 16 heavy (non-hydrogen) atoms. The summed E-state index contributed by atoms with van der Waals surface area (Å²) in [5, 5.41) is 0. The monoisotopic (exact) mass is 218 g/mol. The minimum atomic E-state index is 0.636. The van der Waals surface area contributed by atoms with E-state index in [-0.39, 0.29) is 0 Å². The summed E-state index contributed by atoms with van der Waals surface area (Å²) in [4.78, 5) is 2.42. The van der Waals surface area contributed by atoms with E-state index in [9.17, 15) is 0 Å². The van der Waals surface area contributed by atoms with E-state index in [1.165, 1.54) is 31.5 Å². The highest BCUT2D eigenvalue weighted by molar-refractivity contribution is 5.41. The van der Waals surface area contributed by atoms with Crippen LogP contribution in [0.5, 0.6) is 0 Å². The summed E-state index contributed by atoms with van der Waals surface area (Å²) < 4.78 is 0. The number of benzene rings is 1. The lowest BCUT2D eigenvalue weighted by Crippen LogP contribution is -2.32. The maximum atomic E-state index is 5.84. The van der Waals surface area contributed by atoms with Crippen molar-refractivity contribution in [3.05, 3.63) is 29.8 Å². The van der Waals surface area contributed by atoms with Gasteiger partial charge < -0.3 is 10.6 Å². The van der Waals surface area contributed by atoms with E-state index in [0.29, 0.717) is 5.92 Å². The number of nitrogen functional groups attached to an aromatic ring is 1. The van der Waals surface area contributed by atoms with Crippen molar-refractivity contribution >= 4 is 5.69 Å². The van der Waals surface area contributed by atoms with Crippen LogP contribution in [-0.2, 0) is 0 Å². The van der Waals surface area contributed by atoms with Crippen molar-refractivity contribution in [2.45, 2.75) is 25.7 Å². The third kappa shape index (κ3) is 2.56. The fourth-order valence-electron chi connectivity index (χ4n) is 2.64. The molecule has 1 aromatic rings. The Balaban J connectivity index is 2.04. The molecule has 0 aliphatic carbocycles. The van der Waals surface area contributed by atoms with Gasteiger partial charge in [0.15, 0.2) is 0 Å². The number of rotatable bonds is 2. The molecule has 1 fully saturated rings. The molecule has 0 amide bonds. The molecule has 1 aromatic carbocycles. The molecule has 0 aromatic heterocycles. The standard InChI is InChI=1S/C14H22N2/c1-11(12-6-8-16(2)9-7-12)13-4-3-5-14(15)10-13/h3-5,10-12H,6-9,15H2,1-2H3. The molecule has 2 heteroatoms. The summed E-state index contributed by atoms with van der Waals surface area (Å²) in [6.07, 6.45) is 2.62. The first-order valence-electron chi connectivity index (χ1n) is 6.21. The lowest BCUT2D eigenvalue weighted by atomic mass is 9.81. The van der Waals surface area contributed by atoms with Crippen molar-refractivity contribution in [2.24, 2.45) is 5.92 Å². The lowest BCUT2D eigenvalue weighted by molar-refractivity contribution is 0.202. The van der Waals surface area contributed by atoms with Crippen LogP contribution in [0.2, 0.25) is 0 Å². The Bertz CT molecular complexity index is 340. The number of hydrogen-bond acceptors (Lipinski definition) is 2. The topological polar surface area (TPSA) is 29.3 Å². The Hall–Kier alpha value is -1.02. The van der Waals surface area contributed by atoms with Crippen LogP contribution in [-0.4, -0.2) is 25.0 Å². The molecule has 2 N–H and O–H groups in total. The highest BCUT2D eigenvalue weighted by Gasteiger charge is 2.23. The highest BCUT2D eigenvalue weighted by atomic mass is 15.1. The first-order valence-corrected chi connectivity index (χ1v) is 6.21. The molecule has 1 saturated heterocycles. The van der Waals surface area contributed by atoms with E-state index < -0.39 is 0 Å². The van der Waals surface area contributed by atoms with Gasteiger partial charge in [-0.1, -0.05) is 19.1 Å². The first kappa shape index (κ1) is 11.5. The van der Waals surface area contributed by atoms with Crippen LogP contribution >= 0.6 is 0 Å². The van der Waals surface area contributed by atoms with Gasteiger partial charge in [0, 0.05) is 5.69 Å². The Morgan fingerprint density at radius 2 is 2.00 bits per heavy atom. The lowest BCUT2D eigenvalue weighted by Gasteiger charge is -2.33. The van der Waals surface area contributed by atoms with Gasteiger partial charge in [-0.05, 0) is 62.5 Å². The molecule has 1 unspecified atom stereocenters. The number of hydrogen-bond donors (Lipinski definition) is 1. The Morgan fingerprint density at radius 3 is 2.62 bits per heavy atom. The molecular weight excluding hydrogens is 196 g/mol. The van der Waals surface area contributed by atoms with Crippen molar-refractivity contribution in [3.8, 4) is 0 Å². The molecule has 1 heterocycles. The second-order valence-electron chi connectivity index (χ2n) is 5.10. The average Bonchev–Trinajstić information content (AvgIpc) is 2.29. The van der Waals surface area contributed by atoms with E-state index in [4.69, 9.17) is 5.73 Å². The summed E-state index contributed by atoms with van der Waals surface area (Å²) >= 11 is 0. The number of anilines is 1. The molecule has 0 bridgehead atoms. The fourth-order valence-corrected chi connectivity index (χ4v) is 2.64. The number of likely N-dealkylation sites (tertiary alicyclic amines) is 1. The maximum Gasteiger partial charge on any atom is 0.0316 e. The maximum absolute atomic E-state index is 5.84. The van der Waals surface area contributed by atoms with Crippen LogP contribution in [0.4, 0.5) is 5.69 Å². The van der Waals surface area contributed by atoms with Crippen LogP contribution in [0.3, 0.4) is 0 Å². The van der Waals surface area contributed by atoms with Crippen molar-refractivity contribution in [1.29, 1.82) is 0 Å². The van der Waals surface area contributed by atoms with Crippen molar-refractivity contribution < 1.29 is 0 Å². The zero-order valence-corrected chi connectivity index (χ0v) is 10.3. The van der Waals surface area contributed by atoms with E-state index in [0.717, 1.165) is 11.6 Å². The van der Waals surface area contributed by atoms with Crippen LogP contribution in [0, 0.1) is 5.92 Å². The normalized spacial score (nSPS) is 20.9. The predicted molar refractivity (Wildman–Crippen MR) is 69.5 cm³/mol. The minimum Gasteiger partial charge on any atom is -0.399 e. The van der Waals surface area contributed by atoms with Gasteiger partial charge in [0.2, 0.25) is 0 Å². The van der Waals surface area contributed by atoms with Gasteiger partial charge in [-0.3, -0.25) is 0 Å². The van der Waals surface area contributed by atoms with E-state index in [1.54, 1.807) is 0 Å². The second-order valence-corrected chi connectivity index (χ2v) is 5.10. The van der Waals surface area contributed by atoms with Crippen LogP contribution in [0.15, 0.2) is 24.3 Å². The van der Waals surface area contributed by atoms with E-state index >= 15 is 0 Å². The molecule has 1 aliphatic heterocycles. The van der Waals surface area contributed by atoms with Gasteiger partial charge in [0.25, 0.3) is 0 Å². The van der Waals surface area contributed by atoms with Crippen molar-refractivity contribution in [3.63, 3.8) is 0 Å². The van der Waals surface area contributed by atoms with Crippen molar-refractivity contribution in [2.75, 3.05) is 25.9 Å². The zero-order chi connectivity index (χ0) is 11.5. The molecule has 88 valence electrons. The molecule has 2 nitrogen and oxygen atoms in total. The molecule has 2 rings (SSSR count). The Morgan fingerprint density at radius 1 is 1.31 bits per heavy atom. The second kappa shape index (κ2) is 4.88. The summed E-state index contributed by atoms with van der Waals surface area (Å²) in [5.74, 6) is 1.45. The van der Waals surface area contributed by atoms with Gasteiger partial charge in [-0.2, -0.15) is 0 Å². The quantitative estimate of drug-likeness (QED) is 0.773. The number of piperidine rings is 1. The summed E-state index contributed by atoms with van der Waals surface area (Å²) in [5.41, 5.74) is 8.12. The van der Waals surface area contributed by atoms with Gasteiger partial charge in [-0.25, -0.2) is 0 Å². The summed E-state index contributed by atoms with van der Waals surface area (Å²) in [6, 6.07) is 8.36. The molecule has 0 spiro atoms. The molecule has 0 saturated carbocycles. The smallest absolute Gasteiger partial charge is 0.0316 e. The molecule has 1 atom stereocenters. The third-order valence-corrected chi connectivity index (χ3v) is 3.91. The fraction of sp³-hybridized carbons (Fsp3) is 0.571. The molecular formula is C14H22N2. The number of nitrogens with two attached hydrogens (primary N) is 1. The zero-order valence-electron chi connectivity index (χ0n) is 10.3. The SMILES string of the molecule is CC(c1cccc(N)c1)C1CCN(C)CC1.